The molecule has 2 nitrogen and oxygen atoms in total. The molecule has 1 aromatic carbocycles. The maximum Gasteiger partial charge on any atom is 0.409 e. The highest BCUT2D eigenvalue weighted by molar-refractivity contribution is 5.54. The van der Waals surface area contributed by atoms with Crippen molar-refractivity contribution in [2.75, 3.05) is 18.5 Å². The van der Waals surface area contributed by atoms with E-state index in [1.165, 1.54) is 11.9 Å². The molecule has 1 rings (SSSR count). The summed E-state index contributed by atoms with van der Waals surface area (Å²) < 4.78 is 38.2. The first kappa shape index (κ1) is 13.8. The van der Waals surface area contributed by atoms with E-state index in [2.05, 4.69) is 0 Å². The van der Waals surface area contributed by atoms with Crippen LogP contribution in [0.15, 0.2) is 18.2 Å². The van der Waals surface area contributed by atoms with Gasteiger partial charge in [-0.1, -0.05) is 17.7 Å². The monoisotopic (exact) mass is 246 g/mol. The topological polar surface area (TPSA) is 29.3 Å². The van der Waals surface area contributed by atoms with Crippen molar-refractivity contribution in [2.24, 2.45) is 5.73 Å². The lowest BCUT2D eigenvalue weighted by molar-refractivity contribution is -0.145. The van der Waals surface area contributed by atoms with Crippen LogP contribution in [-0.2, 0) is 0 Å². The van der Waals surface area contributed by atoms with Gasteiger partial charge in [-0.2, -0.15) is 13.2 Å². The molecule has 0 aromatic heterocycles. The van der Waals surface area contributed by atoms with Crippen LogP contribution in [-0.4, -0.2) is 25.8 Å². The van der Waals surface area contributed by atoms with E-state index in [4.69, 9.17) is 5.73 Å². The van der Waals surface area contributed by atoms with Crippen molar-refractivity contribution in [3.05, 3.63) is 29.3 Å². The fraction of sp³-hybridized carbons (Fsp3) is 0.500. The van der Waals surface area contributed by atoms with Crippen LogP contribution in [0, 0.1) is 13.8 Å². The van der Waals surface area contributed by atoms with Gasteiger partial charge in [-0.25, -0.2) is 0 Å². The van der Waals surface area contributed by atoms with E-state index in [1.54, 1.807) is 19.1 Å². The zero-order valence-corrected chi connectivity index (χ0v) is 10.2. The minimum Gasteiger partial charge on any atom is -0.362 e. The SMILES string of the molecule is Cc1ccc(N(C)C(CN)C(F)(F)F)c(C)c1. The lowest BCUT2D eigenvalue weighted by Gasteiger charge is -2.31. The second-order valence-corrected chi connectivity index (χ2v) is 4.19. The van der Waals surface area contributed by atoms with E-state index in [0.717, 1.165) is 11.1 Å². The highest BCUT2D eigenvalue weighted by atomic mass is 19.4. The van der Waals surface area contributed by atoms with Gasteiger partial charge in [0.25, 0.3) is 0 Å². The molecule has 0 saturated heterocycles. The number of aryl methyl sites for hydroxylation is 2. The van der Waals surface area contributed by atoms with E-state index >= 15 is 0 Å². The Labute approximate surface area is 99.2 Å². The number of halogens is 3. The van der Waals surface area contributed by atoms with Crippen LogP contribution in [0.2, 0.25) is 0 Å². The Morgan fingerprint density at radius 2 is 1.88 bits per heavy atom. The Bertz CT molecular complexity index is 388. The standard InChI is InChI=1S/C12H17F3N2/c1-8-4-5-10(9(2)6-8)17(3)11(7-16)12(13,14)15/h4-6,11H,7,16H2,1-3H3. The van der Waals surface area contributed by atoms with Crippen LogP contribution in [0.5, 0.6) is 0 Å². The van der Waals surface area contributed by atoms with Gasteiger partial charge in [-0.15, -0.1) is 0 Å². The Morgan fingerprint density at radius 3 is 2.29 bits per heavy atom. The van der Waals surface area contributed by atoms with Crippen molar-refractivity contribution in [3.8, 4) is 0 Å². The first-order chi connectivity index (χ1) is 7.77. The third-order valence-electron chi connectivity index (χ3n) is 2.80. The molecular weight excluding hydrogens is 229 g/mol. The molecule has 96 valence electrons. The minimum atomic E-state index is -4.32. The molecule has 5 heteroatoms. The number of nitrogens with zero attached hydrogens (tertiary/aromatic N) is 1. The number of hydrogen-bond acceptors (Lipinski definition) is 2. The van der Waals surface area contributed by atoms with Gasteiger partial charge in [-0.3, -0.25) is 0 Å². The average molecular weight is 246 g/mol. The predicted octanol–water partition coefficient (Wildman–Crippen LogP) is 2.63. The number of hydrogen-bond donors (Lipinski definition) is 1. The second-order valence-electron chi connectivity index (χ2n) is 4.19. The molecule has 1 atom stereocenters. The molecule has 0 amide bonds. The van der Waals surface area contributed by atoms with Crippen LogP contribution >= 0.6 is 0 Å². The summed E-state index contributed by atoms with van der Waals surface area (Å²) in [6, 6.07) is 3.70. The van der Waals surface area contributed by atoms with Crippen molar-refractivity contribution < 1.29 is 13.2 Å². The summed E-state index contributed by atoms with van der Waals surface area (Å²) >= 11 is 0. The zero-order valence-electron chi connectivity index (χ0n) is 10.2. The molecule has 0 aliphatic rings. The summed E-state index contributed by atoms with van der Waals surface area (Å²) in [4.78, 5) is 1.19. The van der Waals surface area contributed by atoms with Crippen molar-refractivity contribution >= 4 is 5.69 Å². The summed E-state index contributed by atoms with van der Waals surface area (Å²) in [5.41, 5.74) is 7.61. The van der Waals surface area contributed by atoms with Gasteiger partial charge in [-0.05, 0) is 25.5 Å². The second kappa shape index (κ2) is 4.96. The van der Waals surface area contributed by atoms with Crippen molar-refractivity contribution in [3.63, 3.8) is 0 Å². The van der Waals surface area contributed by atoms with E-state index in [0.29, 0.717) is 5.69 Å². The van der Waals surface area contributed by atoms with Gasteiger partial charge < -0.3 is 10.6 Å². The molecule has 0 radical (unpaired) electrons. The summed E-state index contributed by atoms with van der Waals surface area (Å²) in [5.74, 6) is 0. The summed E-state index contributed by atoms with van der Waals surface area (Å²) in [6.07, 6.45) is -4.32. The van der Waals surface area contributed by atoms with Crippen LogP contribution in [0.3, 0.4) is 0 Å². The van der Waals surface area contributed by atoms with Gasteiger partial charge in [0.2, 0.25) is 0 Å². The Balaban J connectivity index is 3.06. The number of nitrogens with two attached hydrogens (primary N) is 1. The van der Waals surface area contributed by atoms with Crippen LogP contribution in [0.1, 0.15) is 11.1 Å². The molecule has 0 saturated carbocycles. The first-order valence-corrected chi connectivity index (χ1v) is 5.34. The molecule has 17 heavy (non-hydrogen) atoms. The lowest BCUT2D eigenvalue weighted by Crippen LogP contribution is -2.48. The molecule has 1 aromatic rings. The fourth-order valence-electron chi connectivity index (χ4n) is 1.88. The van der Waals surface area contributed by atoms with Crippen LogP contribution < -0.4 is 10.6 Å². The summed E-state index contributed by atoms with van der Waals surface area (Å²) in [6.45, 7) is 3.25. The Kier molecular flexibility index (Phi) is 4.03. The number of anilines is 1. The van der Waals surface area contributed by atoms with Gasteiger partial charge in [0.1, 0.15) is 6.04 Å². The van der Waals surface area contributed by atoms with Crippen molar-refractivity contribution in [1.82, 2.24) is 0 Å². The van der Waals surface area contributed by atoms with Crippen molar-refractivity contribution in [1.29, 1.82) is 0 Å². The third kappa shape index (κ3) is 3.12. The van der Waals surface area contributed by atoms with Crippen LogP contribution in [0.25, 0.3) is 0 Å². The average Bonchev–Trinajstić information content (AvgIpc) is 2.15. The first-order valence-electron chi connectivity index (χ1n) is 5.34. The van der Waals surface area contributed by atoms with Gasteiger partial charge >= 0.3 is 6.18 Å². The minimum absolute atomic E-state index is 0.451. The van der Waals surface area contributed by atoms with Crippen molar-refractivity contribution in [2.45, 2.75) is 26.1 Å². The quantitative estimate of drug-likeness (QED) is 0.888. The number of likely N-dealkylation sites (N-methyl/N-ethyl adjacent to an activating group) is 1. The summed E-state index contributed by atoms with van der Waals surface area (Å²) in [5, 5.41) is 0. The third-order valence-corrected chi connectivity index (χ3v) is 2.80. The number of rotatable bonds is 3. The van der Waals surface area contributed by atoms with E-state index in [1.807, 2.05) is 13.0 Å². The van der Waals surface area contributed by atoms with E-state index in [-0.39, 0.29) is 0 Å². The molecule has 0 aliphatic carbocycles. The van der Waals surface area contributed by atoms with Crippen LogP contribution in [0.4, 0.5) is 18.9 Å². The highest BCUT2D eigenvalue weighted by Crippen LogP contribution is 2.29. The van der Waals surface area contributed by atoms with Gasteiger partial charge in [0.15, 0.2) is 0 Å². The maximum atomic E-state index is 12.7. The molecule has 0 bridgehead atoms. The summed E-state index contributed by atoms with van der Waals surface area (Å²) in [7, 11) is 1.42. The highest BCUT2D eigenvalue weighted by Gasteiger charge is 2.41. The molecule has 1 unspecified atom stereocenters. The molecule has 2 N–H and O–H groups in total. The fourth-order valence-corrected chi connectivity index (χ4v) is 1.88. The molecule has 0 heterocycles. The number of alkyl halides is 3. The Morgan fingerprint density at radius 1 is 1.29 bits per heavy atom. The molecular formula is C12H17F3N2. The zero-order chi connectivity index (χ0) is 13.2. The molecule has 0 aliphatic heterocycles. The maximum absolute atomic E-state index is 12.7. The molecule has 0 spiro atoms. The molecule has 0 fully saturated rings. The van der Waals surface area contributed by atoms with Gasteiger partial charge in [0.05, 0.1) is 0 Å². The largest absolute Gasteiger partial charge is 0.409 e. The normalized spacial score (nSPS) is 13.6. The lowest BCUT2D eigenvalue weighted by atomic mass is 10.1. The predicted molar refractivity (Wildman–Crippen MR) is 63.2 cm³/mol. The smallest absolute Gasteiger partial charge is 0.362 e. The number of benzene rings is 1. The van der Waals surface area contributed by atoms with E-state index in [9.17, 15) is 13.2 Å². The van der Waals surface area contributed by atoms with Gasteiger partial charge in [0, 0.05) is 19.3 Å². The van der Waals surface area contributed by atoms with E-state index < -0.39 is 18.8 Å². The Hall–Kier alpha value is -1.23.